The Kier molecular flexibility index (Phi) is 2.39. The van der Waals surface area contributed by atoms with Gasteiger partial charge in [0.05, 0.1) is 0 Å². The molecular formula is C9H11S. The van der Waals surface area contributed by atoms with Crippen molar-refractivity contribution >= 4 is 12.6 Å². The van der Waals surface area contributed by atoms with E-state index in [1.165, 1.54) is 11.1 Å². The normalized spacial score (nSPS) is 13.1. The first-order valence-corrected chi connectivity index (χ1v) is 3.79. The van der Waals surface area contributed by atoms with Crippen LogP contribution in [0.4, 0.5) is 0 Å². The van der Waals surface area contributed by atoms with E-state index < -0.39 is 0 Å². The summed E-state index contributed by atoms with van der Waals surface area (Å²) in [6.07, 6.45) is 0. The van der Waals surface area contributed by atoms with Crippen molar-refractivity contribution in [1.82, 2.24) is 0 Å². The van der Waals surface area contributed by atoms with Gasteiger partial charge in [-0.2, -0.15) is 12.6 Å². The van der Waals surface area contributed by atoms with Gasteiger partial charge in [0.1, 0.15) is 0 Å². The van der Waals surface area contributed by atoms with E-state index in [1.807, 2.05) is 0 Å². The molecule has 10 heavy (non-hydrogen) atoms. The average Bonchev–Trinajstić information content (AvgIpc) is 1.88. The van der Waals surface area contributed by atoms with Crippen molar-refractivity contribution in [2.24, 2.45) is 0 Å². The van der Waals surface area contributed by atoms with Crippen molar-refractivity contribution in [2.75, 3.05) is 0 Å². The summed E-state index contributed by atoms with van der Waals surface area (Å²) in [7, 11) is 0. The first kappa shape index (κ1) is 7.67. The van der Waals surface area contributed by atoms with Gasteiger partial charge in [-0.25, -0.2) is 0 Å². The summed E-state index contributed by atoms with van der Waals surface area (Å²) in [4.78, 5) is 0. The van der Waals surface area contributed by atoms with Crippen LogP contribution in [0.25, 0.3) is 0 Å². The largest absolute Gasteiger partial charge is 0.171 e. The van der Waals surface area contributed by atoms with Gasteiger partial charge in [0.2, 0.25) is 0 Å². The van der Waals surface area contributed by atoms with E-state index in [9.17, 15) is 0 Å². The van der Waals surface area contributed by atoms with Crippen molar-refractivity contribution in [2.45, 2.75) is 12.2 Å². The summed E-state index contributed by atoms with van der Waals surface area (Å²) < 4.78 is 0. The Hall–Kier alpha value is -0.430. The van der Waals surface area contributed by atoms with Crippen LogP contribution in [0.15, 0.2) is 24.3 Å². The van der Waals surface area contributed by atoms with Crippen LogP contribution < -0.4 is 0 Å². The molecule has 1 heteroatoms. The highest BCUT2D eigenvalue weighted by Crippen LogP contribution is 2.17. The van der Waals surface area contributed by atoms with E-state index in [-0.39, 0.29) is 5.25 Å². The minimum Gasteiger partial charge on any atom is -0.171 e. The van der Waals surface area contributed by atoms with Crippen LogP contribution in [0.1, 0.15) is 16.4 Å². The molecule has 0 saturated carbocycles. The first-order chi connectivity index (χ1) is 4.70. The van der Waals surface area contributed by atoms with Gasteiger partial charge in [0.15, 0.2) is 0 Å². The highest BCUT2D eigenvalue weighted by Gasteiger charge is 1.96. The topological polar surface area (TPSA) is 0 Å². The second-order valence-corrected chi connectivity index (χ2v) is 3.05. The lowest BCUT2D eigenvalue weighted by Crippen LogP contribution is -1.83. The van der Waals surface area contributed by atoms with Gasteiger partial charge >= 0.3 is 0 Å². The van der Waals surface area contributed by atoms with E-state index in [2.05, 4.69) is 50.7 Å². The van der Waals surface area contributed by atoms with E-state index in [0.29, 0.717) is 0 Å². The Bertz CT molecular complexity index is 198. The number of benzene rings is 1. The van der Waals surface area contributed by atoms with Crippen LogP contribution in [0.3, 0.4) is 0 Å². The summed E-state index contributed by atoms with van der Waals surface area (Å²) in [6.45, 7) is 5.87. The second kappa shape index (κ2) is 3.11. The molecule has 0 nitrogen and oxygen atoms in total. The number of thiol groups is 1. The van der Waals surface area contributed by atoms with Crippen LogP contribution in [0, 0.1) is 13.8 Å². The second-order valence-electron chi connectivity index (χ2n) is 2.43. The quantitative estimate of drug-likeness (QED) is 0.586. The molecule has 1 rings (SSSR count). The highest BCUT2D eigenvalue weighted by molar-refractivity contribution is 7.80. The molecule has 53 valence electrons. The van der Waals surface area contributed by atoms with Crippen molar-refractivity contribution in [1.29, 1.82) is 0 Å². The minimum absolute atomic E-state index is 0.0978. The molecule has 1 atom stereocenters. The minimum atomic E-state index is 0.0978. The summed E-state index contributed by atoms with van der Waals surface area (Å²) in [5, 5.41) is 0.0978. The molecule has 0 saturated heterocycles. The molecule has 0 aromatic heterocycles. The Morgan fingerprint density at radius 2 is 1.80 bits per heavy atom. The smallest absolute Gasteiger partial charge is 0.0267 e. The Balaban J connectivity index is 2.89. The lowest BCUT2D eigenvalue weighted by molar-refractivity contribution is 1.23. The number of hydrogen-bond acceptors (Lipinski definition) is 1. The van der Waals surface area contributed by atoms with Gasteiger partial charge < -0.3 is 0 Å². The number of hydrogen-bond donors (Lipinski definition) is 1. The van der Waals surface area contributed by atoms with E-state index >= 15 is 0 Å². The lowest BCUT2D eigenvalue weighted by atomic mass is 10.1. The van der Waals surface area contributed by atoms with Gasteiger partial charge in [0, 0.05) is 5.25 Å². The Morgan fingerprint density at radius 1 is 1.30 bits per heavy atom. The zero-order valence-corrected chi connectivity index (χ0v) is 6.94. The molecule has 0 bridgehead atoms. The maximum atomic E-state index is 4.21. The molecule has 0 amide bonds. The van der Waals surface area contributed by atoms with Crippen LogP contribution in [0.5, 0.6) is 0 Å². The van der Waals surface area contributed by atoms with Crippen molar-refractivity contribution in [3.05, 3.63) is 42.3 Å². The van der Waals surface area contributed by atoms with Gasteiger partial charge in [-0.15, -0.1) is 0 Å². The first-order valence-electron chi connectivity index (χ1n) is 3.28. The summed E-state index contributed by atoms with van der Waals surface area (Å²) >= 11 is 4.21. The van der Waals surface area contributed by atoms with Gasteiger partial charge in [-0.05, 0) is 19.4 Å². The fourth-order valence-electron chi connectivity index (χ4n) is 0.789. The molecule has 1 aromatic rings. The van der Waals surface area contributed by atoms with Crippen LogP contribution in [-0.4, -0.2) is 0 Å². The van der Waals surface area contributed by atoms with Gasteiger partial charge in [-0.3, -0.25) is 0 Å². The molecule has 0 spiro atoms. The predicted molar refractivity (Wildman–Crippen MR) is 48.3 cm³/mol. The third-order valence-corrected chi connectivity index (χ3v) is 1.76. The highest BCUT2D eigenvalue weighted by atomic mass is 32.1. The fraction of sp³-hybridized carbons (Fsp3) is 0.222. The van der Waals surface area contributed by atoms with Crippen LogP contribution in [-0.2, 0) is 0 Å². The zero-order chi connectivity index (χ0) is 7.56. The van der Waals surface area contributed by atoms with Crippen molar-refractivity contribution in [3.8, 4) is 0 Å². The Labute approximate surface area is 67.7 Å². The average molecular weight is 151 g/mol. The molecule has 0 heterocycles. The van der Waals surface area contributed by atoms with E-state index in [1.54, 1.807) is 0 Å². The molecular weight excluding hydrogens is 140 g/mol. The molecule has 0 fully saturated rings. The zero-order valence-electron chi connectivity index (χ0n) is 6.04. The van der Waals surface area contributed by atoms with Crippen LogP contribution in [0.2, 0.25) is 0 Å². The fourth-order valence-corrected chi connectivity index (χ4v) is 0.961. The van der Waals surface area contributed by atoms with E-state index in [4.69, 9.17) is 0 Å². The van der Waals surface area contributed by atoms with E-state index in [0.717, 1.165) is 0 Å². The van der Waals surface area contributed by atoms with Crippen LogP contribution >= 0.6 is 12.6 Å². The number of aryl methyl sites for hydroxylation is 1. The third kappa shape index (κ3) is 1.77. The van der Waals surface area contributed by atoms with Gasteiger partial charge in [0.25, 0.3) is 0 Å². The molecule has 0 aliphatic carbocycles. The molecule has 1 aromatic carbocycles. The molecule has 1 unspecified atom stereocenters. The standard InChI is InChI=1S/C9H11S/c1-7-3-5-9(6-4-7)8(2)10/h3-6,8,10H,2H2,1H3. The van der Waals surface area contributed by atoms with Crippen molar-refractivity contribution < 1.29 is 0 Å². The summed E-state index contributed by atoms with van der Waals surface area (Å²) in [6, 6.07) is 8.26. The molecule has 0 aliphatic heterocycles. The lowest BCUT2D eigenvalue weighted by Gasteiger charge is -2.02. The maximum absolute atomic E-state index is 4.21. The Morgan fingerprint density at radius 3 is 2.20 bits per heavy atom. The SMILES string of the molecule is [CH2]C(S)c1ccc(C)cc1. The molecule has 1 radical (unpaired) electrons. The molecule has 0 aliphatic rings. The monoisotopic (exact) mass is 151 g/mol. The summed E-state index contributed by atoms with van der Waals surface area (Å²) in [5.74, 6) is 0. The third-order valence-electron chi connectivity index (χ3n) is 1.46. The number of rotatable bonds is 1. The van der Waals surface area contributed by atoms with Gasteiger partial charge in [-0.1, -0.05) is 29.8 Å². The van der Waals surface area contributed by atoms with Crippen molar-refractivity contribution in [3.63, 3.8) is 0 Å². The predicted octanol–water partition coefficient (Wildman–Crippen LogP) is 2.80. The summed E-state index contributed by atoms with van der Waals surface area (Å²) in [5.41, 5.74) is 2.45. The molecule has 0 N–H and O–H groups in total. The maximum Gasteiger partial charge on any atom is 0.0267 e.